The van der Waals surface area contributed by atoms with E-state index in [1.54, 1.807) is 0 Å². The molecule has 0 aromatic rings. The number of rotatable bonds is 18. The lowest BCUT2D eigenvalue weighted by molar-refractivity contribution is 0.399. The van der Waals surface area contributed by atoms with Gasteiger partial charge in [-0.2, -0.15) is 0 Å². The van der Waals surface area contributed by atoms with Crippen LogP contribution in [0.5, 0.6) is 0 Å². The van der Waals surface area contributed by atoms with Crippen LogP contribution in [0.15, 0.2) is 0 Å². The van der Waals surface area contributed by atoms with Gasteiger partial charge in [0.15, 0.2) is 0 Å². The van der Waals surface area contributed by atoms with Crippen molar-refractivity contribution in [2.24, 2.45) is 5.92 Å². The molecule has 0 aliphatic heterocycles. The predicted molar refractivity (Wildman–Crippen MR) is 103 cm³/mol. The molecule has 22 heavy (non-hydrogen) atoms. The van der Waals surface area contributed by atoms with Crippen molar-refractivity contribution in [2.45, 2.75) is 117 Å². The predicted octanol–water partition coefficient (Wildman–Crippen LogP) is 7.10. The standard InChI is InChI=1S/C21H45N/c1-4-7-9-10-11-12-13-14-15-16-19-22-20-21(17-6-3)18-8-5-2/h21-22H,4-20H2,1-3H3. The van der Waals surface area contributed by atoms with E-state index in [-0.39, 0.29) is 0 Å². The van der Waals surface area contributed by atoms with Gasteiger partial charge in [0.25, 0.3) is 0 Å². The Labute approximate surface area is 142 Å². The van der Waals surface area contributed by atoms with E-state index in [4.69, 9.17) is 0 Å². The summed E-state index contributed by atoms with van der Waals surface area (Å²) in [6, 6.07) is 0. The fourth-order valence-electron chi connectivity index (χ4n) is 3.29. The zero-order valence-electron chi connectivity index (χ0n) is 16.1. The average molecular weight is 312 g/mol. The molecule has 0 aromatic heterocycles. The summed E-state index contributed by atoms with van der Waals surface area (Å²) < 4.78 is 0. The average Bonchev–Trinajstić information content (AvgIpc) is 2.53. The normalized spacial score (nSPS) is 12.7. The second-order valence-electron chi connectivity index (χ2n) is 7.18. The third-order valence-corrected chi connectivity index (χ3v) is 4.80. The summed E-state index contributed by atoms with van der Waals surface area (Å²) in [5.41, 5.74) is 0. The van der Waals surface area contributed by atoms with E-state index in [1.807, 2.05) is 0 Å². The Bertz CT molecular complexity index is 190. The molecule has 134 valence electrons. The maximum absolute atomic E-state index is 3.70. The summed E-state index contributed by atoms with van der Waals surface area (Å²) >= 11 is 0. The second-order valence-corrected chi connectivity index (χ2v) is 7.18. The third kappa shape index (κ3) is 16.3. The molecule has 0 aliphatic carbocycles. The fourth-order valence-corrected chi connectivity index (χ4v) is 3.29. The topological polar surface area (TPSA) is 12.0 Å². The van der Waals surface area contributed by atoms with Gasteiger partial charge in [-0.15, -0.1) is 0 Å². The molecule has 0 fully saturated rings. The van der Waals surface area contributed by atoms with Gasteiger partial charge in [0.1, 0.15) is 0 Å². The lowest BCUT2D eigenvalue weighted by Crippen LogP contribution is -2.24. The second kappa shape index (κ2) is 19.0. The van der Waals surface area contributed by atoms with Crippen LogP contribution in [0.25, 0.3) is 0 Å². The maximum atomic E-state index is 3.70. The smallest absolute Gasteiger partial charge is 0.00205 e. The van der Waals surface area contributed by atoms with E-state index >= 15 is 0 Å². The zero-order chi connectivity index (χ0) is 16.3. The van der Waals surface area contributed by atoms with Gasteiger partial charge < -0.3 is 5.32 Å². The SMILES string of the molecule is CCCCCCCCCCCCNCC(CCC)CCCC. The van der Waals surface area contributed by atoms with Crippen molar-refractivity contribution in [1.82, 2.24) is 5.32 Å². The Morgan fingerprint density at radius 1 is 0.545 bits per heavy atom. The minimum absolute atomic E-state index is 0.924. The van der Waals surface area contributed by atoms with Crippen molar-refractivity contribution in [3.63, 3.8) is 0 Å². The summed E-state index contributed by atoms with van der Waals surface area (Å²) in [5.74, 6) is 0.924. The summed E-state index contributed by atoms with van der Waals surface area (Å²) in [6.07, 6.45) is 21.3. The Kier molecular flexibility index (Phi) is 19.0. The highest BCUT2D eigenvalue weighted by Crippen LogP contribution is 2.14. The maximum Gasteiger partial charge on any atom is -0.00205 e. The van der Waals surface area contributed by atoms with Crippen molar-refractivity contribution >= 4 is 0 Å². The number of hydrogen-bond donors (Lipinski definition) is 1. The Morgan fingerprint density at radius 3 is 1.64 bits per heavy atom. The van der Waals surface area contributed by atoms with Crippen molar-refractivity contribution < 1.29 is 0 Å². The van der Waals surface area contributed by atoms with Crippen LogP contribution in [0.4, 0.5) is 0 Å². The van der Waals surface area contributed by atoms with Crippen molar-refractivity contribution in [1.29, 1.82) is 0 Å². The first-order valence-corrected chi connectivity index (χ1v) is 10.6. The number of unbranched alkanes of at least 4 members (excludes halogenated alkanes) is 10. The van der Waals surface area contributed by atoms with Crippen LogP contribution in [0.1, 0.15) is 117 Å². The van der Waals surface area contributed by atoms with E-state index in [1.165, 1.54) is 109 Å². The fraction of sp³-hybridized carbons (Fsp3) is 1.00. The molecule has 0 aliphatic rings. The van der Waals surface area contributed by atoms with Crippen molar-refractivity contribution in [2.75, 3.05) is 13.1 Å². The molecule has 1 atom stereocenters. The van der Waals surface area contributed by atoms with Crippen LogP contribution in [0.2, 0.25) is 0 Å². The molecule has 0 heterocycles. The summed E-state index contributed by atoms with van der Waals surface area (Å²) in [5, 5.41) is 3.70. The van der Waals surface area contributed by atoms with Gasteiger partial charge in [-0.3, -0.25) is 0 Å². The number of nitrogens with one attached hydrogen (secondary N) is 1. The van der Waals surface area contributed by atoms with Gasteiger partial charge >= 0.3 is 0 Å². The Hall–Kier alpha value is -0.0400. The first-order chi connectivity index (χ1) is 10.8. The van der Waals surface area contributed by atoms with Gasteiger partial charge in [-0.1, -0.05) is 97.8 Å². The lowest BCUT2D eigenvalue weighted by Gasteiger charge is -2.16. The highest BCUT2D eigenvalue weighted by Gasteiger charge is 2.06. The summed E-state index contributed by atoms with van der Waals surface area (Å²) in [7, 11) is 0. The highest BCUT2D eigenvalue weighted by molar-refractivity contribution is 4.62. The molecule has 1 heteroatoms. The highest BCUT2D eigenvalue weighted by atomic mass is 14.8. The number of hydrogen-bond acceptors (Lipinski definition) is 1. The first-order valence-electron chi connectivity index (χ1n) is 10.6. The molecular formula is C21H45N. The van der Waals surface area contributed by atoms with E-state index in [0.29, 0.717) is 0 Å². The van der Waals surface area contributed by atoms with Crippen LogP contribution in [-0.4, -0.2) is 13.1 Å². The molecule has 0 saturated heterocycles. The lowest BCUT2D eigenvalue weighted by atomic mass is 9.97. The summed E-state index contributed by atoms with van der Waals surface area (Å²) in [4.78, 5) is 0. The van der Waals surface area contributed by atoms with Crippen LogP contribution >= 0.6 is 0 Å². The van der Waals surface area contributed by atoms with Gasteiger partial charge in [-0.05, 0) is 38.3 Å². The zero-order valence-corrected chi connectivity index (χ0v) is 16.1. The van der Waals surface area contributed by atoms with Crippen LogP contribution in [0, 0.1) is 5.92 Å². The Morgan fingerprint density at radius 2 is 1.09 bits per heavy atom. The Balaban J connectivity index is 3.23. The molecule has 0 bridgehead atoms. The monoisotopic (exact) mass is 311 g/mol. The minimum Gasteiger partial charge on any atom is -0.316 e. The van der Waals surface area contributed by atoms with Crippen molar-refractivity contribution in [3.05, 3.63) is 0 Å². The molecule has 1 nitrogen and oxygen atoms in total. The van der Waals surface area contributed by atoms with Crippen LogP contribution < -0.4 is 5.32 Å². The molecule has 1 unspecified atom stereocenters. The molecule has 0 rings (SSSR count). The minimum atomic E-state index is 0.924. The molecule has 0 radical (unpaired) electrons. The van der Waals surface area contributed by atoms with Crippen LogP contribution in [-0.2, 0) is 0 Å². The molecule has 0 amide bonds. The molecule has 1 N–H and O–H groups in total. The van der Waals surface area contributed by atoms with Gasteiger partial charge in [0.2, 0.25) is 0 Å². The van der Waals surface area contributed by atoms with Crippen molar-refractivity contribution in [3.8, 4) is 0 Å². The quantitative estimate of drug-likeness (QED) is 0.266. The van der Waals surface area contributed by atoms with E-state index in [2.05, 4.69) is 26.1 Å². The summed E-state index contributed by atoms with van der Waals surface area (Å²) in [6.45, 7) is 9.41. The third-order valence-electron chi connectivity index (χ3n) is 4.80. The molecular weight excluding hydrogens is 266 g/mol. The van der Waals surface area contributed by atoms with E-state index < -0.39 is 0 Å². The molecule has 0 aromatic carbocycles. The van der Waals surface area contributed by atoms with Gasteiger partial charge in [0.05, 0.1) is 0 Å². The molecule has 0 saturated carbocycles. The van der Waals surface area contributed by atoms with E-state index in [0.717, 1.165) is 5.92 Å². The van der Waals surface area contributed by atoms with Gasteiger partial charge in [0, 0.05) is 0 Å². The van der Waals surface area contributed by atoms with Gasteiger partial charge in [-0.25, -0.2) is 0 Å². The van der Waals surface area contributed by atoms with E-state index in [9.17, 15) is 0 Å². The largest absolute Gasteiger partial charge is 0.316 e. The van der Waals surface area contributed by atoms with Crippen LogP contribution in [0.3, 0.4) is 0 Å². The molecule has 0 spiro atoms. The first kappa shape index (κ1) is 22.0.